The summed E-state index contributed by atoms with van der Waals surface area (Å²) in [5.74, 6) is 1.78. The lowest BCUT2D eigenvalue weighted by molar-refractivity contribution is -0.115. The molecule has 1 aliphatic heterocycles. The zero-order valence-corrected chi connectivity index (χ0v) is 15.2. The van der Waals surface area contributed by atoms with E-state index < -0.39 is 0 Å². The normalized spacial score (nSPS) is 12.1. The van der Waals surface area contributed by atoms with Crippen LogP contribution < -0.4 is 14.8 Å². The summed E-state index contributed by atoms with van der Waals surface area (Å²) in [7, 11) is 0. The SMILES string of the molecule is C=C(C(=O)NCCCc1ccc2c(c1)OCO2)c1nc(-n2ccnc2)ns1. The van der Waals surface area contributed by atoms with E-state index in [-0.39, 0.29) is 12.7 Å². The van der Waals surface area contributed by atoms with Crippen LogP contribution in [0.5, 0.6) is 11.5 Å². The number of fused-ring (bicyclic) bond motifs is 1. The molecular weight excluding hydrogens is 366 g/mol. The Hall–Kier alpha value is -3.20. The van der Waals surface area contributed by atoms with Gasteiger partial charge in [0, 0.05) is 18.9 Å². The Morgan fingerprint density at radius 1 is 1.33 bits per heavy atom. The molecule has 3 heterocycles. The van der Waals surface area contributed by atoms with Crippen molar-refractivity contribution in [3.05, 3.63) is 54.1 Å². The van der Waals surface area contributed by atoms with Gasteiger partial charge in [-0.3, -0.25) is 9.36 Å². The summed E-state index contributed by atoms with van der Waals surface area (Å²) >= 11 is 1.14. The molecule has 27 heavy (non-hydrogen) atoms. The first-order valence-electron chi connectivity index (χ1n) is 8.39. The highest BCUT2D eigenvalue weighted by atomic mass is 32.1. The van der Waals surface area contributed by atoms with Crippen molar-refractivity contribution in [1.29, 1.82) is 0 Å². The highest BCUT2D eigenvalue weighted by Gasteiger charge is 2.15. The van der Waals surface area contributed by atoms with Crippen LogP contribution in [0, 0.1) is 0 Å². The maximum Gasteiger partial charge on any atom is 0.253 e. The van der Waals surface area contributed by atoms with Gasteiger partial charge in [0.2, 0.25) is 12.7 Å². The second kappa shape index (κ2) is 7.58. The number of aryl methyl sites for hydroxylation is 1. The lowest BCUT2D eigenvalue weighted by Gasteiger charge is -2.06. The Balaban J connectivity index is 1.26. The predicted octanol–water partition coefficient (Wildman–Crippen LogP) is 2.21. The van der Waals surface area contributed by atoms with Crippen molar-refractivity contribution in [2.75, 3.05) is 13.3 Å². The molecule has 0 spiro atoms. The van der Waals surface area contributed by atoms with E-state index in [1.165, 1.54) is 0 Å². The van der Waals surface area contributed by atoms with Crippen LogP contribution in [0.25, 0.3) is 11.5 Å². The van der Waals surface area contributed by atoms with Crippen molar-refractivity contribution in [3.63, 3.8) is 0 Å². The van der Waals surface area contributed by atoms with E-state index in [1.54, 1.807) is 23.3 Å². The quantitative estimate of drug-likeness (QED) is 0.497. The summed E-state index contributed by atoms with van der Waals surface area (Å²) in [4.78, 5) is 20.6. The Morgan fingerprint density at radius 2 is 2.22 bits per heavy atom. The van der Waals surface area contributed by atoms with Crippen LogP contribution in [0.3, 0.4) is 0 Å². The number of nitrogens with zero attached hydrogens (tertiary/aromatic N) is 4. The molecule has 8 nitrogen and oxygen atoms in total. The van der Waals surface area contributed by atoms with Crippen molar-refractivity contribution < 1.29 is 14.3 Å². The number of ether oxygens (including phenoxy) is 2. The summed E-state index contributed by atoms with van der Waals surface area (Å²) in [6, 6.07) is 5.89. The molecule has 1 aliphatic rings. The van der Waals surface area contributed by atoms with Gasteiger partial charge in [-0.1, -0.05) is 12.6 Å². The molecule has 3 aromatic rings. The number of amides is 1. The average molecular weight is 383 g/mol. The number of hydrogen-bond donors (Lipinski definition) is 1. The monoisotopic (exact) mass is 383 g/mol. The van der Waals surface area contributed by atoms with Gasteiger partial charge in [0.15, 0.2) is 16.5 Å². The van der Waals surface area contributed by atoms with Gasteiger partial charge in [-0.05, 0) is 42.1 Å². The first-order chi connectivity index (χ1) is 13.2. The lowest BCUT2D eigenvalue weighted by atomic mass is 10.1. The number of carbonyl (C=O) groups is 1. The number of benzene rings is 1. The third kappa shape index (κ3) is 3.82. The molecule has 0 aliphatic carbocycles. The van der Waals surface area contributed by atoms with Crippen LogP contribution in [-0.2, 0) is 11.2 Å². The molecule has 1 amide bonds. The first kappa shape index (κ1) is 17.2. The highest BCUT2D eigenvalue weighted by molar-refractivity contribution is 7.07. The molecule has 9 heteroatoms. The molecule has 1 N–H and O–H groups in total. The number of aromatic nitrogens is 4. The number of imidazole rings is 1. The number of hydrogen-bond acceptors (Lipinski definition) is 7. The lowest BCUT2D eigenvalue weighted by Crippen LogP contribution is -2.25. The Morgan fingerprint density at radius 3 is 3.07 bits per heavy atom. The van der Waals surface area contributed by atoms with Gasteiger partial charge in [-0.25, -0.2) is 4.98 Å². The summed E-state index contributed by atoms with van der Waals surface area (Å²) in [6.07, 6.45) is 6.61. The number of nitrogens with one attached hydrogen (secondary N) is 1. The van der Waals surface area contributed by atoms with Gasteiger partial charge in [0.05, 0.1) is 5.57 Å². The van der Waals surface area contributed by atoms with Gasteiger partial charge in [0.1, 0.15) is 6.33 Å². The Bertz CT molecular complexity index is 967. The van der Waals surface area contributed by atoms with Crippen molar-refractivity contribution in [2.24, 2.45) is 0 Å². The van der Waals surface area contributed by atoms with E-state index in [0.29, 0.717) is 23.1 Å². The fourth-order valence-electron chi connectivity index (χ4n) is 2.62. The van der Waals surface area contributed by atoms with Gasteiger partial charge >= 0.3 is 0 Å². The second-order valence-electron chi connectivity index (χ2n) is 5.90. The van der Waals surface area contributed by atoms with Crippen molar-refractivity contribution in [3.8, 4) is 17.4 Å². The molecule has 138 valence electrons. The third-order valence-corrected chi connectivity index (χ3v) is 4.81. The van der Waals surface area contributed by atoms with Gasteiger partial charge in [0.25, 0.3) is 5.91 Å². The van der Waals surface area contributed by atoms with Crippen LogP contribution in [0.4, 0.5) is 0 Å². The molecule has 0 saturated heterocycles. The van der Waals surface area contributed by atoms with E-state index in [2.05, 4.69) is 26.2 Å². The maximum absolute atomic E-state index is 12.3. The summed E-state index contributed by atoms with van der Waals surface area (Å²) in [6.45, 7) is 4.65. The molecule has 2 aromatic heterocycles. The van der Waals surface area contributed by atoms with Crippen LogP contribution in [-0.4, -0.2) is 38.2 Å². The Kier molecular flexibility index (Phi) is 4.84. The molecule has 4 rings (SSSR count). The molecule has 0 radical (unpaired) electrons. The van der Waals surface area contributed by atoms with Crippen molar-refractivity contribution in [2.45, 2.75) is 12.8 Å². The minimum Gasteiger partial charge on any atom is -0.454 e. The zero-order valence-electron chi connectivity index (χ0n) is 14.4. The minimum atomic E-state index is -0.242. The van der Waals surface area contributed by atoms with E-state index in [0.717, 1.165) is 41.4 Å². The topological polar surface area (TPSA) is 91.2 Å². The van der Waals surface area contributed by atoms with Gasteiger partial charge in [-0.2, -0.15) is 9.36 Å². The fourth-order valence-corrected chi connectivity index (χ4v) is 3.24. The highest BCUT2D eigenvalue weighted by Crippen LogP contribution is 2.32. The zero-order chi connectivity index (χ0) is 18.6. The largest absolute Gasteiger partial charge is 0.454 e. The van der Waals surface area contributed by atoms with Gasteiger partial charge in [-0.15, -0.1) is 0 Å². The van der Waals surface area contributed by atoms with Crippen LogP contribution in [0.1, 0.15) is 17.0 Å². The van der Waals surface area contributed by atoms with Crippen molar-refractivity contribution >= 4 is 23.0 Å². The van der Waals surface area contributed by atoms with E-state index in [1.807, 2.05) is 18.2 Å². The molecular formula is C18H17N5O3S. The van der Waals surface area contributed by atoms with Gasteiger partial charge < -0.3 is 14.8 Å². The molecule has 0 unspecified atom stereocenters. The van der Waals surface area contributed by atoms with Crippen LogP contribution in [0.2, 0.25) is 0 Å². The summed E-state index contributed by atoms with van der Waals surface area (Å²) in [5, 5.41) is 3.37. The number of rotatable bonds is 7. The molecule has 0 bridgehead atoms. The summed E-state index contributed by atoms with van der Waals surface area (Å²) < 4.78 is 16.6. The fraction of sp³-hybridized carbons (Fsp3) is 0.222. The predicted molar refractivity (Wildman–Crippen MR) is 100.0 cm³/mol. The van der Waals surface area contributed by atoms with Crippen LogP contribution in [0.15, 0.2) is 43.5 Å². The maximum atomic E-state index is 12.3. The van der Waals surface area contributed by atoms with Crippen molar-refractivity contribution in [1.82, 2.24) is 24.2 Å². The van der Waals surface area contributed by atoms with E-state index in [4.69, 9.17) is 9.47 Å². The molecule has 0 atom stereocenters. The molecule has 1 aromatic carbocycles. The first-order valence-corrected chi connectivity index (χ1v) is 9.16. The van der Waals surface area contributed by atoms with Crippen LogP contribution >= 0.6 is 11.5 Å². The smallest absolute Gasteiger partial charge is 0.253 e. The van der Waals surface area contributed by atoms with E-state index in [9.17, 15) is 4.79 Å². The second-order valence-corrected chi connectivity index (χ2v) is 6.65. The summed E-state index contributed by atoms with van der Waals surface area (Å²) in [5.41, 5.74) is 1.45. The standard InChI is InChI=1S/C18H17N5O3S/c1-12(17-21-18(22-27-17)23-8-7-19-10-23)16(24)20-6-2-3-13-4-5-14-15(9-13)26-11-25-14/h4-5,7-10H,1-3,6,11H2,(H,20,24). The van der Waals surface area contributed by atoms with E-state index >= 15 is 0 Å². The average Bonchev–Trinajstić information content (AvgIpc) is 3.44. The molecule has 0 fully saturated rings. The Labute approximate surface area is 159 Å². The third-order valence-electron chi connectivity index (χ3n) is 4.05. The molecule has 0 saturated carbocycles. The minimum absolute atomic E-state index is 0.242. The number of carbonyl (C=O) groups excluding carboxylic acids is 1.